The molecule has 0 unspecified atom stereocenters. The van der Waals surface area contributed by atoms with E-state index in [1.165, 1.54) is 12.1 Å². The van der Waals surface area contributed by atoms with Gasteiger partial charge in [-0.3, -0.25) is 4.79 Å². The number of phenols is 2. The zero-order valence-corrected chi connectivity index (χ0v) is 18.2. The van der Waals surface area contributed by atoms with Crippen LogP contribution in [0.3, 0.4) is 0 Å². The van der Waals surface area contributed by atoms with Crippen LogP contribution >= 0.6 is 0 Å². The molecule has 0 atom stereocenters. The van der Waals surface area contributed by atoms with E-state index >= 15 is 0 Å². The Bertz CT molecular complexity index is 1360. The average molecular weight is 444 g/mol. The molecular formula is C26H24N2O5. The zero-order chi connectivity index (χ0) is 24.0. The summed E-state index contributed by atoms with van der Waals surface area (Å²) in [7, 11) is 0. The van der Waals surface area contributed by atoms with Gasteiger partial charge in [-0.05, 0) is 59.2 Å². The summed E-state index contributed by atoms with van der Waals surface area (Å²) in [4.78, 5) is 22.7. The Morgan fingerprint density at radius 3 is 1.67 bits per heavy atom. The number of carboxylic acid groups (broad SMARTS) is 1. The van der Waals surface area contributed by atoms with Crippen molar-refractivity contribution in [3.05, 3.63) is 83.9 Å². The number of amides is 1. The number of carbonyl (C=O) groups excluding carboxylic acids is 1. The average Bonchev–Trinajstić information content (AvgIpc) is 2.81. The number of fused-ring (bicyclic) bond motifs is 2. The van der Waals surface area contributed by atoms with Crippen LogP contribution in [-0.4, -0.2) is 32.9 Å². The predicted molar refractivity (Wildman–Crippen MR) is 129 cm³/mol. The molecule has 0 radical (unpaired) electrons. The maximum Gasteiger partial charge on any atom is 0.339 e. The minimum Gasteiger partial charge on any atom is -0.507 e. The molecule has 0 heterocycles. The quantitative estimate of drug-likeness (QED) is 0.251. The molecule has 0 aliphatic heterocycles. The SMILES string of the molecule is CCC(C)=NNC(=O)c1cc2ccccc2cc1O.O=C(O)c1cc2ccccc2cc1O. The van der Waals surface area contributed by atoms with Gasteiger partial charge in [0.25, 0.3) is 5.91 Å². The van der Waals surface area contributed by atoms with E-state index in [9.17, 15) is 19.8 Å². The first-order chi connectivity index (χ1) is 15.8. The number of aromatic carboxylic acids is 1. The lowest BCUT2D eigenvalue weighted by molar-refractivity contribution is 0.0693. The summed E-state index contributed by atoms with van der Waals surface area (Å²) < 4.78 is 0. The molecule has 0 saturated carbocycles. The molecule has 4 aromatic carbocycles. The molecule has 0 saturated heterocycles. The second-order valence-electron chi connectivity index (χ2n) is 7.38. The van der Waals surface area contributed by atoms with Crippen molar-refractivity contribution in [1.29, 1.82) is 0 Å². The van der Waals surface area contributed by atoms with Crippen LogP contribution in [0.15, 0.2) is 77.9 Å². The van der Waals surface area contributed by atoms with Gasteiger partial charge in [-0.15, -0.1) is 0 Å². The fourth-order valence-corrected chi connectivity index (χ4v) is 3.10. The molecule has 0 aromatic heterocycles. The number of aromatic hydroxyl groups is 2. The fourth-order valence-electron chi connectivity index (χ4n) is 3.10. The predicted octanol–water partition coefficient (Wildman–Crippen LogP) is 5.30. The summed E-state index contributed by atoms with van der Waals surface area (Å²) in [6, 6.07) is 21.0. The van der Waals surface area contributed by atoms with Crippen molar-refractivity contribution in [2.24, 2.45) is 5.10 Å². The van der Waals surface area contributed by atoms with Gasteiger partial charge in [0, 0.05) is 5.71 Å². The van der Waals surface area contributed by atoms with Crippen molar-refractivity contribution < 1.29 is 24.9 Å². The van der Waals surface area contributed by atoms with Crippen LogP contribution in [0.2, 0.25) is 0 Å². The maximum atomic E-state index is 12.0. The standard InChI is InChI=1S/C15H16N2O2.C11H8O3/c1-3-10(2)16-17-15(19)13-8-11-6-4-5-7-12(11)9-14(13)18;12-10-6-8-4-2-1-3-7(8)5-9(10)11(13)14/h4-9,18H,3H2,1-2H3,(H,17,19);1-6,12H,(H,13,14). The minimum absolute atomic E-state index is 0.0412. The number of benzene rings is 4. The zero-order valence-electron chi connectivity index (χ0n) is 18.2. The molecule has 7 heteroatoms. The van der Waals surface area contributed by atoms with Gasteiger partial charge in [-0.1, -0.05) is 55.5 Å². The van der Waals surface area contributed by atoms with Crippen molar-refractivity contribution in [3.8, 4) is 11.5 Å². The van der Waals surface area contributed by atoms with E-state index in [-0.39, 0.29) is 22.6 Å². The molecule has 33 heavy (non-hydrogen) atoms. The van der Waals surface area contributed by atoms with Gasteiger partial charge in [0.1, 0.15) is 17.1 Å². The molecule has 0 aliphatic carbocycles. The van der Waals surface area contributed by atoms with Crippen LogP contribution in [-0.2, 0) is 0 Å². The Morgan fingerprint density at radius 1 is 0.788 bits per heavy atom. The molecule has 0 aliphatic rings. The van der Waals surface area contributed by atoms with Gasteiger partial charge >= 0.3 is 5.97 Å². The molecular weight excluding hydrogens is 420 g/mol. The first-order valence-corrected chi connectivity index (χ1v) is 10.3. The Kier molecular flexibility index (Phi) is 7.25. The highest BCUT2D eigenvalue weighted by Crippen LogP contribution is 2.25. The van der Waals surface area contributed by atoms with Crippen LogP contribution < -0.4 is 5.43 Å². The van der Waals surface area contributed by atoms with E-state index in [0.29, 0.717) is 0 Å². The van der Waals surface area contributed by atoms with E-state index in [1.54, 1.807) is 18.2 Å². The molecule has 0 spiro atoms. The van der Waals surface area contributed by atoms with Crippen molar-refractivity contribution >= 4 is 39.1 Å². The minimum atomic E-state index is -1.12. The molecule has 0 bridgehead atoms. The van der Waals surface area contributed by atoms with Crippen molar-refractivity contribution in [3.63, 3.8) is 0 Å². The molecule has 0 fully saturated rings. The fraction of sp³-hybridized carbons (Fsp3) is 0.115. The first-order valence-electron chi connectivity index (χ1n) is 10.3. The number of nitrogens with zero attached hydrogens (tertiary/aromatic N) is 1. The summed E-state index contributed by atoms with van der Waals surface area (Å²) in [6.45, 7) is 3.79. The Balaban J connectivity index is 0.000000194. The van der Waals surface area contributed by atoms with Gasteiger partial charge in [0.05, 0.1) is 5.56 Å². The highest BCUT2D eigenvalue weighted by Gasteiger charge is 2.12. The lowest BCUT2D eigenvalue weighted by Gasteiger charge is -2.06. The van der Waals surface area contributed by atoms with E-state index in [4.69, 9.17) is 5.11 Å². The Labute approximate surface area is 190 Å². The van der Waals surface area contributed by atoms with Crippen molar-refractivity contribution in [2.75, 3.05) is 0 Å². The first kappa shape index (κ1) is 23.3. The van der Waals surface area contributed by atoms with E-state index in [2.05, 4.69) is 10.5 Å². The number of hydrogen-bond acceptors (Lipinski definition) is 5. The molecule has 1 amide bonds. The van der Waals surface area contributed by atoms with Crippen LogP contribution in [0.25, 0.3) is 21.5 Å². The van der Waals surface area contributed by atoms with E-state index < -0.39 is 11.9 Å². The summed E-state index contributed by atoms with van der Waals surface area (Å²) in [6.07, 6.45) is 0.768. The largest absolute Gasteiger partial charge is 0.507 e. The lowest BCUT2D eigenvalue weighted by Crippen LogP contribution is -2.19. The topological polar surface area (TPSA) is 119 Å². The van der Waals surface area contributed by atoms with Crippen molar-refractivity contribution in [2.45, 2.75) is 20.3 Å². The third-order valence-corrected chi connectivity index (χ3v) is 5.06. The molecule has 168 valence electrons. The summed E-state index contributed by atoms with van der Waals surface area (Å²) in [5.74, 6) is -1.76. The van der Waals surface area contributed by atoms with Crippen LogP contribution in [0, 0.1) is 0 Å². The number of nitrogens with one attached hydrogen (secondary N) is 1. The van der Waals surface area contributed by atoms with Crippen molar-refractivity contribution in [1.82, 2.24) is 5.43 Å². The third-order valence-electron chi connectivity index (χ3n) is 5.06. The second kappa shape index (κ2) is 10.3. The van der Waals surface area contributed by atoms with Gasteiger partial charge in [0.15, 0.2) is 0 Å². The normalized spacial score (nSPS) is 11.0. The highest BCUT2D eigenvalue weighted by molar-refractivity contribution is 6.02. The van der Waals surface area contributed by atoms with Crippen LogP contribution in [0.5, 0.6) is 11.5 Å². The number of carbonyl (C=O) groups is 2. The number of carboxylic acids is 1. The summed E-state index contributed by atoms with van der Waals surface area (Å²) in [5.41, 5.74) is 3.43. The van der Waals surface area contributed by atoms with Gasteiger partial charge in [-0.25, -0.2) is 10.2 Å². The van der Waals surface area contributed by atoms with Gasteiger partial charge in [-0.2, -0.15) is 5.10 Å². The highest BCUT2D eigenvalue weighted by atomic mass is 16.4. The molecule has 4 N–H and O–H groups in total. The number of hydrazone groups is 1. The number of rotatable bonds is 4. The summed E-state index contributed by atoms with van der Waals surface area (Å²) >= 11 is 0. The molecule has 4 rings (SSSR count). The van der Waals surface area contributed by atoms with Gasteiger partial charge in [0.2, 0.25) is 0 Å². The monoisotopic (exact) mass is 444 g/mol. The molecule has 4 aromatic rings. The lowest BCUT2D eigenvalue weighted by atomic mass is 10.1. The number of hydrogen-bond donors (Lipinski definition) is 4. The van der Waals surface area contributed by atoms with Crippen LogP contribution in [0.1, 0.15) is 41.0 Å². The van der Waals surface area contributed by atoms with Crippen LogP contribution in [0.4, 0.5) is 0 Å². The smallest absolute Gasteiger partial charge is 0.339 e. The van der Waals surface area contributed by atoms with E-state index in [0.717, 1.165) is 33.7 Å². The second-order valence-corrected chi connectivity index (χ2v) is 7.38. The maximum absolute atomic E-state index is 12.0. The Hall–Kier alpha value is -4.39. The van der Waals surface area contributed by atoms with Gasteiger partial charge < -0.3 is 15.3 Å². The molecule has 7 nitrogen and oxygen atoms in total. The third kappa shape index (κ3) is 5.65. The Morgan fingerprint density at radius 2 is 1.21 bits per heavy atom. The number of phenolic OH excluding ortho intramolecular Hbond substituents is 1. The van der Waals surface area contributed by atoms with E-state index in [1.807, 2.05) is 56.3 Å². The summed E-state index contributed by atoms with van der Waals surface area (Å²) in [5, 5.41) is 35.4.